The van der Waals surface area contributed by atoms with E-state index in [1.807, 2.05) is 0 Å². The molecule has 0 aliphatic heterocycles. The van der Waals surface area contributed by atoms with Gasteiger partial charge in [0.25, 0.3) is 5.97 Å². The number of carbonyl (C=O) groups is 1. The van der Waals surface area contributed by atoms with E-state index in [0.29, 0.717) is 0 Å². The Hall–Kier alpha value is 0.869. The zero-order chi connectivity index (χ0) is 7.15. The Labute approximate surface area is 84.2 Å². The maximum Gasteiger partial charge on any atom is 0.433 e. The van der Waals surface area contributed by atoms with Crippen LogP contribution < -0.4 is 8.40 Å². The normalized spacial score (nSPS) is 6.10. The second kappa shape index (κ2) is 16.5. The second-order valence-corrected chi connectivity index (χ2v) is 1.56. The van der Waals surface area contributed by atoms with Crippen molar-refractivity contribution in [2.75, 3.05) is 0 Å². The molecule has 0 aromatic heterocycles. The zero-order valence-electron chi connectivity index (χ0n) is 4.60. The van der Waals surface area contributed by atoms with Crippen LogP contribution in [-0.2, 0) is 38.9 Å². The summed E-state index contributed by atoms with van der Waals surface area (Å²) in [7, 11) is 0. The van der Waals surface area contributed by atoms with Crippen LogP contribution in [-0.4, -0.2) is 15.3 Å². The molecule has 0 saturated heterocycles. The Morgan fingerprint density at radius 3 is 1.40 bits per heavy atom. The molecule has 72 valence electrons. The smallest absolute Gasteiger partial charge is 0.433 e. The Balaban J connectivity index is -0.0000000300. The molecule has 0 saturated carbocycles. The van der Waals surface area contributed by atoms with Crippen molar-refractivity contribution in [2.45, 2.75) is 6.92 Å². The molecule has 0 atom stereocenters. The second-order valence-electron chi connectivity index (χ2n) is 0.720. The van der Waals surface area contributed by atoms with Crippen LogP contribution in [0.3, 0.4) is 0 Å². The molecule has 0 fully saturated rings. The van der Waals surface area contributed by atoms with Gasteiger partial charge in [-0.1, -0.05) is 0 Å². The summed E-state index contributed by atoms with van der Waals surface area (Å²) >= 11 is -3.40. The third-order valence-electron chi connectivity index (χ3n) is 0. The number of hydrogen-bond donors (Lipinski definition) is 2. The minimum absolute atomic E-state index is 0. The van der Waals surface area contributed by atoms with Crippen molar-refractivity contribution in [3.05, 3.63) is 0 Å². The van der Waals surface area contributed by atoms with E-state index >= 15 is 0 Å². The molecule has 0 amide bonds. The fourth-order valence-electron chi connectivity index (χ4n) is 0. The number of hydrogen-bond acceptors (Lipinski definition) is 4. The van der Waals surface area contributed by atoms with Gasteiger partial charge in [0.15, 0.2) is 0 Å². The molecule has 0 heterocycles. The summed E-state index contributed by atoms with van der Waals surface area (Å²) in [5, 5.41) is 7.42. The maximum atomic E-state index is 9.00. The number of carboxylic acids is 1. The van der Waals surface area contributed by atoms with Gasteiger partial charge < -0.3 is 13.5 Å². The summed E-state index contributed by atoms with van der Waals surface area (Å²) < 4.78 is 24.3. The van der Waals surface area contributed by atoms with Crippen LogP contribution >= 0.6 is 0 Å². The van der Waals surface area contributed by atoms with Crippen LogP contribution in [0.4, 0.5) is 0 Å². The van der Waals surface area contributed by atoms with Crippen molar-refractivity contribution < 1.29 is 71.4 Å². The molecule has 0 spiro atoms. The van der Waals surface area contributed by atoms with E-state index < -0.39 is 20.8 Å². The molecule has 10 heavy (non-hydrogen) atoms. The number of carboxylic acid groups (broad SMARTS) is 1. The SMILES string of the molecule is CC(=O)O.[Cu].[Cu].[O-][Br+2]([O-])O. The van der Waals surface area contributed by atoms with Gasteiger partial charge in [0.1, 0.15) is 0 Å². The third-order valence-corrected chi connectivity index (χ3v) is 0. The molecule has 2 N–H and O–H groups in total. The fourth-order valence-corrected chi connectivity index (χ4v) is 0. The van der Waals surface area contributed by atoms with E-state index in [1.54, 1.807) is 0 Å². The summed E-state index contributed by atoms with van der Waals surface area (Å²) in [5.41, 5.74) is 0. The molecule has 0 aliphatic rings. The molecular weight excluding hydrogens is 311 g/mol. The molecule has 0 aromatic carbocycles. The van der Waals surface area contributed by atoms with Gasteiger partial charge in [-0.15, -0.1) is 0 Å². The third kappa shape index (κ3) is 727. The summed E-state index contributed by atoms with van der Waals surface area (Å²) in [6.45, 7) is 1.08. The van der Waals surface area contributed by atoms with Crippen molar-refractivity contribution in [1.29, 1.82) is 0 Å². The molecule has 0 bridgehead atoms. The van der Waals surface area contributed by atoms with Crippen LogP contribution in [0.25, 0.3) is 0 Å². The number of halogens is 1. The molecular formula is C2H5BrCu2O5. The van der Waals surface area contributed by atoms with E-state index in [2.05, 4.69) is 0 Å². The topological polar surface area (TPSA) is 104 Å². The first-order valence-electron chi connectivity index (χ1n) is 1.41. The van der Waals surface area contributed by atoms with Crippen LogP contribution in [0, 0.1) is 14.8 Å². The number of rotatable bonds is 0. The van der Waals surface area contributed by atoms with Crippen LogP contribution in [0.5, 0.6) is 0 Å². The quantitative estimate of drug-likeness (QED) is 0.468. The summed E-state index contributed by atoms with van der Waals surface area (Å²) in [6.07, 6.45) is 0. The Morgan fingerprint density at radius 2 is 1.40 bits per heavy atom. The van der Waals surface area contributed by atoms with Crippen LogP contribution in [0.2, 0.25) is 0 Å². The molecule has 2 radical (unpaired) electrons. The molecule has 0 rings (SSSR count). The van der Waals surface area contributed by atoms with Crippen molar-refractivity contribution >= 4 is 5.97 Å². The predicted octanol–water partition coefficient (Wildman–Crippen LogP) is -2.85. The van der Waals surface area contributed by atoms with E-state index in [-0.39, 0.29) is 34.1 Å². The van der Waals surface area contributed by atoms with Crippen LogP contribution in [0.15, 0.2) is 0 Å². The first-order valence-corrected chi connectivity index (χ1v) is 3.41. The van der Waals surface area contributed by atoms with E-state index in [4.69, 9.17) is 22.5 Å². The predicted molar refractivity (Wildman–Crippen MR) is 15.5 cm³/mol. The van der Waals surface area contributed by atoms with Gasteiger partial charge in [-0.05, 0) is 4.20 Å². The molecule has 5 nitrogen and oxygen atoms in total. The minimum Gasteiger partial charge on any atom is -0.481 e. The van der Waals surface area contributed by atoms with Gasteiger partial charge in [0, 0.05) is 41.1 Å². The molecule has 0 unspecified atom stereocenters. The minimum atomic E-state index is -3.40. The number of aliphatic carboxylic acids is 1. The first-order chi connectivity index (χ1) is 3.46. The van der Waals surface area contributed by atoms with Gasteiger partial charge >= 0.3 is 14.8 Å². The van der Waals surface area contributed by atoms with Gasteiger partial charge in [0.05, 0.1) is 0 Å². The van der Waals surface area contributed by atoms with E-state index in [9.17, 15) is 0 Å². The van der Waals surface area contributed by atoms with Gasteiger partial charge in [-0.3, -0.25) is 4.79 Å². The van der Waals surface area contributed by atoms with Crippen molar-refractivity contribution in [1.82, 2.24) is 0 Å². The molecule has 0 aliphatic carbocycles. The Morgan fingerprint density at radius 1 is 1.40 bits per heavy atom. The van der Waals surface area contributed by atoms with Gasteiger partial charge in [0.2, 0.25) is 0 Å². The Kier molecular flexibility index (Phi) is 36.9. The summed E-state index contributed by atoms with van der Waals surface area (Å²) in [5.74, 6) is -0.833. The van der Waals surface area contributed by atoms with E-state index in [0.717, 1.165) is 6.92 Å². The Bertz CT molecular complexity index is 61.9. The molecule has 8 heteroatoms. The first kappa shape index (κ1) is 22.4. The molecule has 0 aromatic rings. The van der Waals surface area contributed by atoms with Gasteiger partial charge in [-0.25, -0.2) is 0 Å². The standard InChI is InChI=1S/C2H4O2.BrHO3.2Cu/c1-2(3)4;2-1(3)4;;/h1H3,(H,3,4);2H;;. The van der Waals surface area contributed by atoms with Crippen molar-refractivity contribution in [2.24, 2.45) is 0 Å². The largest absolute Gasteiger partial charge is 0.481 e. The average Bonchev–Trinajstić information content (AvgIpc) is 1.25. The summed E-state index contributed by atoms with van der Waals surface area (Å²) in [4.78, 5) is 9.00. The van der Waals surface area contributed by atoms with Crippen LogP contribution in [0.1, 0.15) is 6.92 Å². The zero-order valence-corrected chi connectivity index (χ0v) is 8.07. The maximum absolute atomic E-state index is 9.00. The fraction of sp³-hybridized carbons (Fsp3) is 0.500. The van der Waals surface area contributed by atoms with Gasteiger partial charge in [-0.2, -0.15) is 0 Å². The van der Waals surface area contributed by atoms with E-state index in [1.165, 1.54) is 0 Å². The monoisotopic (exact) mass is 314 g/mol. The summed E-state index contributed by atoms with van der Waals surface area (Å²) in [6, 6.07) is 0. The van der Waals surface area contributed by atoms with Crippen molar-refractivity contribution in [3.8, 4) is 0 Å². The van der Waals surface area contributed by atoms with Crippen molar-refractivity contribution in [3.63, 3.8) is 0 Å². The average molecular weight is 316 g/mol.